The SMILES string of the molecule is COC1(OC)CC(C#N)(S(=O)(=O)c2ccc(Br)cc2)C1. The van der Waals surface area contributed by atoms with E-state index in [-0.39, 0.29) is 17.7 Å². The summed E-state index contributed by atoms with van der Waals surface area (Å²) in [5.74, 6) is -0.988. The van der Waals surface area contributed by atoms with Crippen LogP contribution in [0.5, 0.6) is 0 Å². The third kappa shape index (κ3) is 2.17. The minimum Gasteiger partial charge on any atom is -0.353 e. The Morgan fingerprint density at radius 3 is 2.10 bits per heavy atom. The maximum atomic E-state index is 12.6. The van der Waals surface area contributed by atoms with Crippen molar-refractivity contribution >= 4 is 25.8 Å². The van der Waals surface area contributed by atoms with Crippen LogP contribution < -0.4 is 0 Å². The van der Waals surface area contributed by atoms with Gasteiger partial charge in [0.25, 0.3) is 0 Å². The molecule has 0 bridgehead atoms. The summed E-state index contributed by atoms with van der Waals surface area (Å²) >= 11 is 3.25. The zero-order chi connectivity index (χ0) is 15.0. The van der Waals surface area contributed by atoms with Crippen LogP contribution in [0.4, 0.5) is 0 Å². The second kappa shape index (κ2) is 5.11. The van der Waals surface area contributed by atoms with E-state index in [0.717, 1.165) is 4.47 Å². The van der Waals surface area contributed by atoms with Crippen LogP contribution in [0, 0.1) is 11.3 Å². The first-order valence-corrected chi connectivity index (χ1v) is 8.14. The van der Waals surface area contributed by atoms with Crippen LogP contribution >= 0.6 is 15.9 Å². The van der Waals surface area contributed by atoms with Crippen molar-refractivity contribution in [2.24, 2.45) is 0 Å². The van der Waals surface area contributed by atoms with E-state index in [2.05, 4.69) is 15.9 Å². The van der Waals surface area contributed by atoms with Crippen LogP contribution in [0.2, 0.25) is 0 Å². The number of benzene rings is 1. The van der Waals surface area contributed by atoms with Crippen molar-refractivity contribution in [2.75, 3.05) is 14.2 Å². The number of methoxy groups -OCH3 is 2. The van der Waals surface area contributed by atoms with Gasteiger partial charge in [-0.25, -0.2) is 8.42 Å². The highest BCUT2D eigenvalue weighted by Gasteiger charge is 2.64. The lowest BCUT2D eigenvalue weighted by atomic mass is 9.78. The molecular formula is C13H14BrNO4S. The molecule has 0 radical (unpaired) electrons. The fourth-order valence-corrected chi connectivity index (χ4v) is 4.51. The lowest BCUT2D eigenvalue weighted by Gasteiger charge is -2.49. The normalized spacial score (nSPS) is 19.9. The lowest BCUT2D eigenvalue weighted by molar-refractivity contribution is -0.256. The maximum absolute atomic E-state index is 12.6. The van der Waals surface area contributed by atoms with Crippen molar-refractivity contribution in [1.82, 2.24) is 0 Å². The molecule has 1 fully saturated rings. The van der Waals surface area contributed by atoms with Gasteiger partial charge in [0.2, 0.25) is 0 Å². The first-order valence-electron chi connectivity index (χ1n) is 5.86. The molecule has 20 heavy (non-hydrogen) atoms. The molecule has 0 aliphatic heterocycles. The number of nitriles is 1. The van der Waals surface area contributed by atoms with Crippen molar-refractivity contribution in [1.29, 1.82) is 5.26 Å². The molecule has 1 aliphatic carbocycles. The second-order valence-corrected chi connectivity index (χ2v) is 7.91. The summed E-state index contributed by atoms with van der Waals surface area (Å²) in [5, 5.41) is 9.36. The van der Waals surface area contributed by atoms with E-state index in [1.165, 1.54) is 26.4 Å². The molecule has 0 N–H and O–H groups in total. The van der Waals surface area contributed by atoms with E-state index in [9.17, 15) is 13.7 Å². The molecule has 1 aromatic carbocycles. The van der Waals surface area contributed by atoms with Gasteiger partial charge in [-0.2, -0.15) is 5.26 Å². The van der Waals surface area contributed by atoms with Gasteiger partial charge in [0.05, 0.1) is 11.0 Å². The van der Waals surface area contributed by atoms with Gasteiger partial charge in [-0.15, -0.1) is 0 Å². The smallest absolute Gasteiger partial charge is 0.197 e. The average Bonchev–Trinajstić information content (AvgIpc) is 2.40. The Bertz CT molecular complexity index is 636. The summed E-state index contributed by atoms with van der Waals surface area (Å²) in [7, 11) is -0.881. The van der Waals surface area contributed by atoms with E-state index < -0.39 is 20.4 Å². The molecule has 0 heterocycles. The molecule has 0 spiro atoms. The van der Waals surface area contributed by atoms with Crippen molar-refractivity contribution in [3.63, 3.8) is 0 Å². The minimum atomic E-state index is -3.76. The highest BCUT2D eigenvalue weighted by molar-refractivity contribution is 9.10. The molecule has 0 atom stereocenters. The van der Waals surface area contributed by atoms with E-state index in [4.69, 9.17) is 9.47 Å². The molecule has 5 nitrogen and oxygen atoms in total. The van der Waals surface area contributed by atoms with Crippen molar-refractivity contribution in [2.45, 2.75) is 28.3 Å². The standard InChI is InChI=1S/C13H14BrNO4S/c1-18-13(19-2)7-12(8-13,9-15)20(16,17)11-5-3-10(14)4-6-11/h3-6H,7-8H2,1-2H3. The molecule has 0 unspecified atom stereocenters. The number of rotatable bonds is 4. The number of ether oxygens (including phenoxy) is 2. The topological polar surface area (TPSA) is 76.4 Å². The molecule has 7 heteroatoms. The fraction of sp³-hybridized carbons (Fsp3) is 0.462. The Balaban J connectivity index is 2.39. The van der Waals surface area contributed by atoms with Crippen LogP contribution in [-0.2, 0) is 19.3 Å². The predicted octanol–water partition coefficient (Wildman–Crippen LogP) is 2.27. The molecular weight excluding hydrogens is 346 g/mol. The predicted molar refractivity (Wildman–Crippen MR) is 75.7 cm³/mol. The monoisotopic (exact) mass is 359 g/mol. The quantitative estimate of drug-likeness (QED) is 0.770. The Morgan fingerprint density at radius 2 is 1.70 bits per heavy atom. The molecule has 1 aromatic rings. The van der Waals surface area contributed by atoms with Gasteiger partial charge in [-0.1, -0.05) is 15.9 Å². The molecule has 0 aromatic heterocycles. The molecule has 0 saturated heterocycles. The summed E-state index contributed by atoms with van der Waals surface area (Å²) in [6.07, 6.45) is 0.00376. The number of sulfone groups is 1. The molecule has 1 aliphatic rings. The number of hydrogen-bond acceptors (Lipinski definition) is 5. The van der Waals surface area contributed by atoms with E-state index in [0.29, 0.717) is 0 Å². The third-order valence-corrected chi connectivity index (χ3v) is 6.53. The van der Waals surface area contributed by atoms with Crippen molar-refractivity contribution in [3.05, 3.63) is 28.7 Å². The molecule has 0 amide bonds. The third-order valence-electron chi connectivity index (χ3n) is 3.70. The Labute approximate surface area is 126 Å². The van der Waals surface area contributed by atoms with Gasteiger partial charge in [0.1, 0.15) is 0 Å². The van der Waals surface area contributed by atoms with Crippen LogP contribution in [0.3, 0.4) is 0 Å². The molecule has 108 valence electrons. The summed E-state index contributed by atoms with van der Waals surface area (Å²) in [5.41, 5.74) is 0. The molecule has 2 rings (SSSR count). The van der Waals surface area contributed by atoms with Gasteiger partial charge < -0.3 is 9.47 Å². The van der Waals surface area contributed by atoms with Gasteiger partial charge in [-0.05, 0) is 24.3 Å². The van der Waals surface area contributed by atoms with Gasteiger partial charge >= 0.3 is 0 Å². The first-order chi connectivity index (χ1) is 9.35. The molecule has 1 saturated carbocycles. The maximum Gasteiger partial charge on any atom is 0.197 e. The van der Waals surface area contributed by atoms with Crippen molar-refractivity contribution < 1.29 is 17.9 Å². The summed E-state index contributed by atoms with van der Waals surface area (Å²) in [6, 6.07) is 8.17. The largest absolute Gasteiger partial charge is 0.353 e. The second-order valence-electron chi connectivity index (χ2n) is 4.74. The van der Waals surface area contributed by atoms with E-state index >= 15 is 0 Å². The van der Waals surface area contributed by atoms with E-state index in [1.54, 1.807) is 12.1 Å². The number of nitrogens with zero attached hydrogens (tertiary/aromatic N) is 1. The van der Waals surface area contributed by atoms with Crippen molar-refractivity contribution in [3.8, 4) is 6.07 Å². The van der Waals surface area contributed by atoms with Crippen LogP contribution in [0.25, 0.3) is 0 Å². The highest BCUT2D eigenvalue weighted by atomic mass is 79.9. The summed E-state index contributed by atoms with van der Waals surface area (Å²) in [4.78, 5) is 0.128. The number of hydrogen-bond donors (Lipinski definition) is 0. The summed E-state index contributed by atoms with van der Waals surface area (Å²) in [6.45, 7) is 0. The Morgan fingerprint density at radius 1 is 1.20 bits per heavy atom. The Hall–Kier alpha value is -0.940. The lowest BCUT2D eigenvalue weighted by Crippen LogP contribution is -2.61. The van der Waals surface area contributed by atoms with Crippen LogP contribution in [0.15, 0.2) is 33.6 Å². The van der Waals surface area contributed by atoms with E-state index in [1.807, 2.05) is 6.07 Å². The first kappa shape index (κ1) is 15.4. The zero-order valence-corrected chi connectivity index (χ0v) is 13.5. The average molecular weight is 360 g/mol. The van der Waals surface area contributed by atoms with Gasteiger partial charge in [0.15, 0.2) is 20.4 Å². The van der Waals surface area contributed by atoms with Crippen LogP contribution in [0.1, 0.15) is 12.8 Å². The number of halogens is 1. The summed E-state index contributed by atoms with van der Waals surface area (Å²) < 4.78 is 35.0. The minimum absolute atomic E-state index is 0.00188. The van der Waals surface area contributed by atoms with Gasteiger partial charge in [0, 0.05) is 31.5 Å². The highest BCUT2D eigenvalue weighted by Crippen LogP contribution is 2.50. The van der Waals surface area contributed by atoms with Gasteiger partial charge in [-0.3, -0.25) is 0 Å². The van der Waals surface area contributed by atoms with Crippen LogP contribution in [-0.4, -0.2) is 33.2 Å². The Kier molecular flexibility index (Phi) is 3.95. The zero-order valence-electron chi connectivity index (χ0n) is 11.1. The fourth-order valence-electron chi connectivity index (χ4n) is 2.36.